The topological polar surface area (TPSA) is 210 Å². The number of carboxylic acid groups (broad SMARTS) is 4. The molecule has 0 heterocycles. The average Bonchev–Trinajstić information content (AvgIpc) is 2.62. The molecule has 30 heavy (non-hydrogen) atoms. The van der Waals surface area contributed by atoms with Crippen LogP contribution < -0.4 is 0 Å². The summed E-state index contributed by atoms with van der Waals surface area (Å²) in [5.74, 6) is -3.74. The second-order valence-electron chi connectivity index (χ2n) is 5.36. The van der Waals surface area contributed by atoms with Crippen molar-refractivity contribution in [1.29, 1.82) is 0 Å². The number of carboxylic acids is 4. The maximum Gasteiger partial charge on any atom is 0.330 e. The molecule has 0 bridgehead atoms. The van der Waals surface area contributed by atoms with Crippen molar-refractivity contribution in [2.45, 2.75) is 33.8 Å². The van der Waals surface area contributed by atoms with Gasteiger partial charge in [0.1, 0.15) is 6.10 Å². The fourth-order valence-electron chi connectivity index (χ4n) is 0.0577. The van der Waals surface area contributed by atoms with Gasteiger partial charge in [-0.05, 0) is 27.7 Å². The Labute approximate surface area is 175 Å². The molecule has 0 aromatic carbocycles. The molecule has 174 valence electrons. The molecule has 0 aliphatic carbocycles. The smallest absolute Gasteiger partial charge is 0.330 e. The van der Waals surface area contributed by atoms with E-state index in [0.29, 0.717) is 0 Å². The van der Waals surface area contributed by atoms with Gasteiger partial charge in [0.05, 0.1) is 13.2 Å². The number of aliphatic hydroxyl groups excluding tert-OH is 3. The van der Waals surface area contributed by atoms with Crippen LogP contribution in [0.1, 0.15) is 27.7 Å². The molecular formula is C19H32O11. The minimum Gasteiger partial charge on any atom is -0.478 e. The normalized spacial score (nSPS) is 8.00. The fraction of sp³-hybridized carbons (Fsp3) is 0.368. The molecule has 0 unspecified atom stereocenters. The van der Waals surface area contributed by atoms with Crippen LogP contribution in [0.25, 0.3) is 0 Å². The van der Waals surface area contributed by atoms with Gasteiger partial charge < -0.3 is 35.7 Å². The molecule has 11 nitrogen and oxygen atoms in total. The zero-order valence-electron chi connectivity index (χ0n) is 17.6. The predicted octanol–water partition coefficient (Wildman–Crippen LogP) is 0.920. The van der Waals surface area contributed by atoms with Crippen LogP contribution in [0, 0.1) is 0 Å². The number of rotatable bonds is 6. The average molecular weight is 436 g/mol. The van der Waals surface area contributed by atoms with Gasteiger partial charge in [0.15, 0.2) is 0 Å². The predicted molar refractivity (Wildman–Crippen MR) is 110 cm³/mol. The molecule has 11 heteroatoms. The van der Waals surface area contributed by atoms with E-state index in [-0.39, 0.29) is 35.5 Å². The van der Waals surface area contributed by atoms with Gasteiger partial charge in [-0.2, -0.15) is 0 Å². The quantitative estimate of drug-likeness (QED) is 0.291. The second kappa shape index (κ2) is 23.8. The summed E-state index contributed by atoms with van der Waals surface area (Å²) >= 11 is 0. The maximum absolute atomic E-state index is 9.60. The van der Waals surface area contributed by atoms with Crippen molar-refractivity contribution in [3.8, 4) is 0 Å². The van der Waals surface area contributed by atoms with Gasteiger partial charge in [-0.1, -0.05) is 26.3 Å². The minimum atomic E-state index is -0.954. The Morgan fingerprint density at radius 1 is 0.567 bits per heavy atom. The van der Waals surface area contributed by atoms with Gasteiger partial charge in [-0.15, -0.1) is 0 Å². The van der Waals surface area contributed by atoms with E-state index >= 15 is 0 Å². The van der Waals surface area contributed by atoms with E-state index in [9.17, 15) is 19.2 Å². The number of hydrogen-bond donors (Lipinski definition) is 7. The lowest BCUT2D eigenvalue weighted by atomic mass is 10.4. The highest BCUT2D eigenvalue weighted by atomic mass is 16.4. The van der Waals surface area contributed by atoms with Crippen LogP contribution in [0.5, 0.6) is 0 Å². The van der Waals surface area contributed by atoms with E-state index in [1.165, 1.54) is 27.7 Å². The Balaban J connectivity index is -0.0000000868. The highest BCUT2D eigenvalue weighted by molar-refractivity contribution is 5.85. The van der Waals surface area contributed by atoms with Gasteiger partial charge in [0, 0.05) is 22.3 Å². The van der Waals surface area contributed by atoms with Gasteiger partial charge >= 0.3 is 23.9 Å². The van der Waals surface area contributed by atoms with Crippen molar-refractivity contribution in [2.24, 2.45) is 0 Å². The monoisotopic (exact) mass is 436 g/mol. The highest BCUT2D eigenvalue weighted by Gasteiger charge is 1.94. The lowest BCUT2D eigenvalue weighted by molar-refractivity contribution is -0.133. The maximum atomic E-state index is 9.60. The fourth-order valence-corrected chi connectivity index (χ4v) is 0.0577. The highest BCUT2D eigenvalue weighted by Crippen LogP contribution is 1.82. The summed E-state index contributed by atoms with van der Waals surface area (Å²) in [6.45, 7) is 17.7. The van der Waals surface area contributed by atoms with Gasteiger partial charge in [-0.25, -0.2) is 19.2 Å². The SMILES string of the molecule is C=C(C)C(=O)O.C=C(C)C(=O)O.C=C(C)C(=O)O.C=C(C)C(=O)O.OCC(O)CO. The molecule has 0 spiro atoms. The summed E-state index contributed by atoms with van der Waals surface area (Å²) in [6, 6.07) is 0. The van der Waals surface area contributed by atoms with Crippen LogP contribution >= 0.6 is 0 Å². The molecule has 0 aliphatic rings. The van der Waals surface area contributed by atoms with Crippen LogP contribution in [0.3, 0.4) is 0 Å². The standard InChI is InChI=1S/4C4H6O2.C3H8O3/c4*1-3(2)4(5)6;4-1-3(6)2-5/h4*1H2,2H3,(H,5,6);3-6H,1-2H2. The largest absolute Gasteiger partial charge is 0.478 e. The third kappa shape index (κ3) is 49.8. The van der Waals surface area contributed by atoms with Crippen molar-refractivity contribution < 1.29 is 54.9 Å². The van der Waals surface area contributed by atoms with E-state index in [1.807, 2.05) is 0 Å². The third-order valence-corrected chi connectivity index (χ3v) is 1.88. The molecule has 7 N–H and O–H groups in total. The molecule has 0 aliphatic heterocycles. The van der Waals surface area contributed by atoms with Gasteiger partial charge in [0.25, 0.3) is 0 Å². The molecule has 0 aromatic rings. The molecule has 0 rings (SSSR count). The van der Waals surface area contributed by atoms with Crippen molar-refractivity contribution in [3.63, 3.8) is 0 Å². The molecular weight excluding hydrogens is 404 g/mol. The van der Waals surface area contributed by atoms with Crippen molar-refractivity contribution in [1.82, 2.24) is 0 Å². The van der Waals surface area contributed by atoms with Crippen LogP contribution in [0.2, 0.25) is 0 Å². The first-order valence-electron chi connectivity index (χ1n) is 7.83. The lowest BCUT2D eigenvalue weighted by Crippen LogP contribution is -2.15. The van der Waals surface area contributed by atoms with Crippen LogP contribution in [0.15, 0.2) is 48.6 Å². The molecule has 0 saturated carbocycles. The molecule has 0 atom stereocenters. The Bertz CT molecular complexity index is 456. The molecule has 0 saturated heterocycles. The van der Waals surface area contributed by atoms with Crippen LogP contribution in [-0.4, -0.2) is 78.9 Å². The second-order valence-corrected chi connectivity index (χ2v) is 5.36. The summed E-state index contributed by atoms with van der Waals surface area (Å²) in [6.07, 6.45) is -0.954. The first-order valence-corrected chi connectivity index (χ1v) is 7.83. The Morgan fingerprint density at radius 2 is 0.667 bits per heavy atom. The first kappa shape index (κ1) is 37.5. The number of aliphatic carboxylic acids is 4. The van der Waals surface area contributed by atoms with Crippen molar-refractivity contribution in [3.05, 3.63) is 48.6 Å². The number of aliphatic hydroxyl groups is 3. The summed E-state index contributed by atoms with van der Waals surface area (Å²) in [5.41, 5.74) is 0.704. The van der Waals surface area contributed by atoms with Gasteiger partial charge in [-0.3, -0.25) is 0 Å². The Morgan fingerprint density at radius 3 is 0.667 bits per heavy atom. The van der Waals surface area contributed by atoms with E-state index in [4.69, 9.17) is 35.7 Å². The third-order valence-electron chi connectivity index (χ3n) is 1.88. The number of hydrogen-bond acceptors (Lipinski definition) is 7. The van der Waals surface area contributed by atoms with E-state index < -0.39 is 30.0 Å². The Kier molecular flexibility index (Phi) is 29.7. The molecule has 0 aromatic heterocycles. The van der Waals surface area contributed by atoms with Crippen molar-refractivity contribution >= 4 is 23.9 Å². The van der Waals surface area contributed by atoms with Gasteiger partial charge in [0.2, 0.25) is 0 Å². The minimum absolute atomic E-state index is 0.176. The summed E-state index contributed by atoms with van der Waals surface area (Å²) in [5, 5.41) is 55.6. The molecule has 0 fully saturated rings. The molecule has 0 amide bonds. The van der Waals surface area contributed by atoms with E-state index in [2.05, 4.69) is 26.3 Å². The summed E-state index contributed by atoms with van der Waals surface area (Å²) in [7, 11) is 0. The zero-order valence-corrected chi connectivity index (χ0v) is 17.6. The molecule has 0 radical (unpaired) electrons. The first-order chi connectivity index (χ1) is 13.4. The van der Waals surface area contributed by atoms with E-state index in [0.717, 1.165) is 0 Å². The van der Waals surface area contributed by atoms with Crippen LogP contribution in [0.4, 0.5) is 0 Å². The summed E-state index contributed by atoms with van der Waals surface area (Å²) < 4.78 is 0. The Hall–Kier alpha value is -3.28. The van der Waals surface area contributed by atoms with E-state index in [1.54, 1.807) is 0 Å². The van der Waals surface area contributed by atoms with Crippen molar-refractivity contribution in [2.75, 3.05) is 13.2 Å². The number of carbonyl (C=O) groups is 4. The zero-order chi connectivity index (χ0) is 25.6. The van der Waals surface area contributed by atoms with Crippen LogP contribution in [-0.2, 0) is 19.2 Å². The lowest BCUT2D eigenvalue weighted by Gasteiger charge is -1.96. The summed E-state index contributed by atoms with van der Waals surface area (Å²) in [4.78, 5) is 38.4.